The molecule has 0 saturated carbocycles. The number of nitrogens with zero attached hydrogens (tertiary/aromatic N) is 4. The Labute approximate surface area is 891 Å². The number of carbonyl (C=O) groups is 4. The topological polar surface area (TPSA) is 81.2 Å². The summed E-state index contributed by atoms with van der Waals surface area (Å²) in [5, 5.41) is 4.70. The number of fused-ring (bicyclic) bond motifs is 4. The lowest BCUT2D eigenvalue weighted by molar-refractivity contribution is -0.114. The van der Waals surface area contributed by atoms with Gasteiger partial charge in [0.05, 0.1) is 45.0 Å². The van der Waals surface area contributed by atoms with Crippen LogP contribution in [0.1, 0.15) is 497 Å². The Bertz CT molecular complexity index is 4850. The van der Waals surface area contributed by atoms with Crippen molar-refractivity contribution in [2.75, 3.05) is 45.8 Å². The van der Waals surface area contributed by atoms with Gasteiger partial charge in [0.25, 0.3) is 23.6 Å². The lowest BCUT2D eigenvalue weighted by Gasteiger charge is -2.24. The molecule has 0 radical (unpaired) electrons. The summed E-state index contributed by atoms with van der Waals surface area (Å²) in [6, 6.07) is 36.3. The molecule has 4 aliphatic rings. The molecule has 4 aromatic heterocycles. The van der Waals surface area contributed by atoms with E-state index in [9.17, 15) is 0 Å². The zero-order valence-corrected chi connectivity index (χ0v) is 97.4. The summed E-state index contributed by atoms with van der Waals surface area (Å²) in [5.41, 5.74) is 20.4. The number of amides is 4. The van der Waals surface area contributed by atoms with Crippen molar-refractivity contribution in [3.05, 3.63) is 162 Å². The molecule has 0 spiro atoms. The first-order valence-corrected chi connectivity index (χ1v) is 62.6. The second-order valence-corrected chi connectivity index (χ2v) is 47.8. The van der Waals surface area contributed by atoms with Crippen molar-refractivity contribution in [3.63, 3.8) is 0 Å². The van der Waals surface area contributed by atoms with E-state index in [1.807, 2.05) is 45.3 Å². The van der Waals surface area contributed by atoms with Gasteiger partial charge in [-0.1, -0.05) is 440 Å². The Morgan fingerprint density at radius 1 is 0.238 bits per heavy atom. The monoisotopic (exact) mass is 2040 g/mol. The van der Waals surface area contributed by atoms with Crippen LogP contribution in [0.5, 0.6) is 0 Å². The highest BCUT2D eigenvalue weighted by atomic mass is 32.1. The highest BCUT2D eigenvalue weighted by Gasteiger charge is 2.46. The fourth-order valence-corrected chi connectivity index (χ4v) is 26.7. The molecule has 4 amide bonds. The van der Waals surface area contributed by atoms with Crippen molar-refractivity contribution in [1.82, 2.24) is 0 Å². The van der Waals surface area contributed by atoms with E-state index in [4.69, 9.17) is 0 Å². The Morgan fingerprint density at radius 2 is 0.448 bits per heavy atom. The Hall–Kier alpha value is -6.53. The van der Waals surface area contributed by atoms with Gasteiger partial charge in [-0.2, -0.15) is 9.90 Å². The van der Waals surface area contributed by atoms with E-state index >= 15 is 19.2 Å². The Morgan fingerprint density at radius 3 is 0.671 bits per heavy atom. The third-order valence-electron chi connectivity index (χ3n) is 32.2. The minimum Gasteiger partial charge on any atom is -0.307 e. The van der Waals surface area contributed by atoms with Crippen LogP contribution in [0, 0.1) is 37.5 Å². The molecule has 8 heterocycles. The predicted octanol–water partition coefficient (Wildman–Crippen LogP) is 40.9. The van der Waals surface area contributed by atoms with Gasteiger partial charge >= 0.3 is 0 Å². The summed E-state index contributed by atoms with van der Waals surface area (Å²) in [6.07, 6.45) is 76.3. The molecular weight excluding hydrogens is 1840 g/mol. The highest BCUT2D eigenvalue weighted by Crippen LogP contribution is 2.54. The van der Waals surface area contributed by atoms with Crippen LogP contribution in [-0.2, 0) is 44.9 Å². The van der Waals surface area contributed by atoms with Crippen molar-refractivity contribution in [2.45, 2.75) is 482 Å². The zero-order valence-electron chi connectivity index (χ0n) is 92.7. The highest BCUT2D eigenvalue weighted by molar-refractivity contribution is 7.16. The maximum Gasteiger partial charge on any atom is 0.259 e. The minimum absolute atomic E-state index is 0. The number of benzene rings is 4. The number of unbranched alkanes of at least 4 members (excludes halogenated alkanes) is 40. The average Bonchev–Trinajstić information content (AvgIpc) is 1.57. The summed E-state index contributed by atoms with van der Waals surface area (Å²) in [4.78, 5) is 77.5. The summed E-state index contributed by atoms with van der Waals surface area (Å²) < 4.78 is 0. The standard InChI is InChI=1S/C66H98N2O2S2.C64H94N2O2S2.H3P/c1-9-15-19-21-23-25-27-29-31-33-37-53-45-61(71-49(53)7)55-39-41-57-59(43-55)67(47-51(13-5)35-17-11-3)65(69)63(57)64-58-42-40-56(44-60(58)68(66(64)70)48-52(14-6)36-18-12-4)62-46-54(50(8)72-62)38-34-32-30-28-26-24-22-20-16-10-2;1-7-13-17-19-21-23-25-27-29-31-35-51-41-59(69-47-51)53-37-39-55-57(43-53)65(45-49(11-5)33-15-9-3)63(67)61(55)62-56-40-38-54(44-58(56)66(64(62)68)46-50(12-6)34-16-10-4)60-42-52(48-70-60)36-32-30-28-26-24-22-20-18-14-8-2;/h39-46,51-52H,9-38,47-48H2,1-8H3;37-44,47-50H,7-36,45-46H2,1-6H3;1H3/b64-63+;62-61+;. The maximum absolute atomic E-state index is 15.4. The number of anilines is 4. The molecule has 0 N–H and O–H groups in total. The first kappa shape index (κ1) is 118. The SMILES string of the molecule is CCCCCCCCCCCCc1cc(-c2ccc3c(c2)N(CC(CC)CCCC)C(=O)/C3=C2/C(=O)N(CC(CC)CCCC)c3cc(-c4cc(CCCCCCCCCCCC)c(C)s4)ccc32)sc1C.CCCCCCCCCCCCc1csc(-c2ccc3c(c2)N(CC(CC)CCCC)C(=O)/C3=C2/C(=O)N(CC(CC)CCCC)c3cc(-c4cc(CCCCCCCCCCCC)cs4)ccc32)c1.P. The van der Waals surface area contributed by atoms with Gasteiger partial charge in [0.1, 0.15) is 0 Å². The van der Waals surface area contributed by atoms with E-state index in [0.29, 0.717) is 72.1 Å². The number of carbonyl (C=O) groups excluding carboxylic acids is 4. The fraction of sp³-hybridized carbons (Fsp3) is 0.631. The van der Waals surface area contributed by atoms with E-state index in [-0.39, 0.29) is 33.5 Å². The maximum atomic E-state index is 15.4. The van der Waals surface area contributed by atoms with Gasteiger partial charge in [0.2, 0.25) is 0 Å². The molecule has 13 heteroatoms. The fourth-order valence-electron chi connectivity index (χ4n) is 22.7. The van der Waals surface area contributed by atoms with Gasteiger partial charge in [-0.05, 0) is 218 Å². The zero-order chi connectivity index (χ0) is 101. The Balaban J connectivity index is 0.000000292. The summed E-state index contributed by atoms with van der Waals surface area (Å²) in [5.74, 6) is 1.54. The second-order valence-electron chi connectivity index (χ2n) is 43.5. The predicted molar refractivity (Wildman–Crippen MR) is 638 cm³/mol. The number of rotatable bonds is 72. The van der Waals surface area contributed by atoms with E-state index in [2.05, 4.69) is 224 Å². The lowest BCUT2D eigenvalue weighted by atomic mass is 9.94. The number of thiophene rings is 4. The first-order chi connectivity index (χ1) is 69.5. The van der Waals surface area contributed by atoms with Crippen LogP contribution in [-0.4, -0.2) is 49.8 Å². The molecule has 0 bridgehead atoms. The Kier molecular flexibility index (Phi) is 54.2. The first-order valence-electron chi connectivity index (χ1n) is 59.2. The van der Waals surface area contributed by atoms with Gasteiger partial charge in [-0.25, -0.2) is 0 Å². The molecule has 0 saturated heterocycles. The van der Waals surface area contributed by atoms with E-state index in [1.165, 1.54) is 331 Å². The lowest BCUT2D eigenvalue weighted by Crippen LogP contribution is -2.34. The molecule has 8 aromatic rings. The quantitative estimate of drug-likeness (QED) is 0.0216. The molecule has 788 valence electrons. The second kappa shape index (κ2) is 65.4. The van der Waals surface area contributed by atoms with Crippen LogP contribution in [0.3, 0.4) is 0 Å². The summed E-state index contributed by atoms with van der Waals surface area (Å²) in [7, 11) is 0. The van der Waals surface area contributed by atoms with Crippen molar-refractivity contribution in [2.24, 2.45) is 23.7 Å². The van der Waals surface area contributed by atoms with Crippen LogP contribution in [0.25, 0.3) is 64.1 Å². The van der Waals surface area contributed by atoms with Crippen LogP contribution < -0.4 is 19.6 Å². The molecule has 5 unspecified atom stereocenters. The van der Waals surface area contributed by atoms with Crippen LogP contribution in [0.4, 0.5) is 22.7 Å². The number of hydrogen-bond acceptors (Lipinski definition) is 8. The molecular formula is C130H195N4O4PS4. The van der Waals surface area contributed by atoms with Crippen molar-refractivity contribution >= 4 is 124 Å². The molecule has 143 heavy (non-hydrogen) atoms. The normalized spacial score (nSPS) is 15.3. The van der Waals surface area contributed by atoms with Crippen LogP contribution in [0.2, 0.25) is 0 Å². The third-order valence-corrected chi connectivity index (χ3v) is 36.6. The molecule has 4 aliphatic heterocycles. The summed E-state index contributed by atoms with van der Waals surface area (Å²) >= 11 is 7.44. The molecule has 4 aromatic carbocycles. The van der Waals surface area contributed by atoms with Crippen molar-refractivity contribution in [1.29, 1.82) is 0 Å². The van der Waals surface area contributed by atoms with Crippen LogP contribution in [0.15, 0.2) is 108 Å². The van der Waals surface area contributed by atoms with Crippen molar-refractivity contribution < 1.29 is 19.2 Å². The van der Waals surface area contributed by atoms with Crippen molar-refractivity contribution in [3.8, 4) is 41.8 Å². The van der Waals surface area contributed by atoms with Crippen LogP contribution >= 0.6 is 55.2 Å². The smallest absolute Gasteiger partial charge is 0.259 e. The van der Waals surface area contributed by atoms with Gasteiger partial charge in [0.15, 0.2) is 0 Å². The largest absolute Gasteiger partial charge is 0.307 e. The van der Waals surface area contributed by atoms with E-state index in [1.54, 1.807) is 0 Å². The number of hydrogen-bond donors (Lipinski definition) is 0. The molecule has 0 aliphatic carbocycles. The number of aryl methyl sites for hydroxylation is 6. The molecule has 8 nitrogen and oxygen atoms in total. The average molecular weight is 2040 g/mol. The molecule has 5 atom stereocenters. The van der Waals surface area contributed by atoms with Gasteiger partial charge in [0, 0.05) is 77.7 Å². The van der Waals surface area contributed by atoms with E-state index in [0.717, 1.165) is 173 Å². The van der Waals surface area contributed by atoms with E-state index < -0.39 is 0 Å². The molecule has 0 fully saturated rings. The summed E-state index contributed by atoms with van der Waals surface area (Å²) in [6.45, 7) is 34.5. The third kappa shape index (κ3) is 34.8. The van der Waals surface area contributed by atoms with Gasteiger partial charge in [-0.15, -0.1) is 45.3 Å². The molecule has 12 rings (SSSR count). The minimum atomic E-state index is -0.0111. The van der Waals surface area contributed by atoms with Gasteiger partial charge < -0.3 is 19.6 Å². The van der Waals surface area contributed by atoms with Gasteiger partial charge in [-0.3, -0.25) is 19.2 Å².